The Morgan fingerprint density at radius 3 is 2.30 bits per heavy atom. The topological polar surface area (TPSA) is 93.0 Å². The summed E-state index contributed by atoms with van der Waals surface area (Å²) < 4.78 is 5.36. The minimum atomic E-state index is -0.491. The molecule has 0 saturated carbocycles. The van der Waals surface area contributed by atoms with Gasteiger partial charge in [-0.15, -0.1) is 0 Å². The SMILES string of the molecule is COc1ccccc1CN1C(=O)C(c2ccc([N+](=O)[O-])cc2)=C(N2CCCC2)C1=O. The second-order valence-corrected chi connectivity index (χ2v) is 7.23. The van der Waals surface area contributed by atoms with E-state index in [1.165, 1.54) is 29.2 Å². The number of nitrogens with zero attached hydrogens (tertiary/aromatic N) is 3. The van der Waals surface area contributed by atoms with Gasteiger partial charge in [-0.3, -0.25) is 24.6 Å². The molecular weight excluding hydrogens is 386 g/mol. The van der Waals surface area contributed by atoms with Crippen LogP contribution in [0.5, 0.6) is 5.75 Å². The Morgan fingerprint density at radius 2 is 1.67 bits per heavy atom. The van der Waals surface area contributed by atoms with Crippen LogP contribution in [0.1, 0.15) is 24.0 Å². The molecule has 1 saturated heterocycles. The second kappa shape index (κ2) is 7.98. The zero-order valence-corrected chi connectivity index (χ0v) is 16.5. The molecule has 2 aliphatic heterocycles. The van der Waals surface area contributed by atoms with Crippen LogP contribution in [0.25, 0.3) is 5.57 Å². The summed E-state index contributed by atoms with van der Waals surface area (Å²) in [6.45, 7) is 1.50. The molecule has 1 fully saturated rings. The fraction of sp³-hybridized carbons (Fsp3) is 0.273. The van der Waals surface area contributed by atoms with Crippen molar-refractivity contribution in [3.8, 4) is 5.75 Å². The fourth-order valence-corrected chi connectivity index (χ4v) is 3.95. The molecule has 2 aromatic rings. The van der Waals surface area contributed by atoms with Gasteiger partial charge in [0.05, 0.1) is 24.2 Å². The van der Waals surface area contributed by atoms with Crippen molar-refractivity contribution in [2.24, 2.45) is 0 Å². The molecule has 2 aliphatic rings. The molecule has 0 spiro atoms. The van der Waals surface area contributed by atoms with E-state index >= 15 is 0 Å². The van der Waals surface area contributed by atoms with Gasteiger partial charge in [-0.2, -0.15) is 0 Å². The van der Waals surface area contributed by atoms with Crippen molar-refractivity contribution in [3.63, 3.8) is 0 Å². The van der Waals surface area contributed by atoms with Crippen LogP contribution in [0.4, 0.5) is 5.69 Å². The maximum absolute atomic E-state index is 13.4. The van der Waals surface area contributed by atoms with Gasteiger partial charge in [-0.25, -0.2) is 0 Å². The van der Waals surface area contributed by atoms with Gasteiger partial charge in [0.2, 0.25) is 0 Å². The van der Waals surface area contributed by atoms with E-state index in [0.29, 0.717) is 35.7 Å². The fourth-order valence-electron chi connectivity index (χ4n) is 3.95. The van der Waals surface area contributed by atoms with Crippen molar-refractivity contribution in [1.82, 2.24) is 9.80 Å². The number of nitro benzene ring substituents is 1. The lowest BCUT2D eigenvalue weighted by atomic mass is 10.0. The van der Waals surface area contributed by atoms with Crippen molar-refractivity contribution >= 4 is 23.1 Å². The lowest BCUT2D eigenvalue weighted by Gasteiger charge is -2.20. The standard InChI is InChI=1S/C22H21N3O5/c1-30-18-7-3-2-6-16(18)14-24-21(26)19(15-8-10-17(11-9-15)25(28)29)20(22(24)27)23-12-4-5-13-23/h2-3,6-11H,4-5,12-14H2,1H3. The summed E-state index contributed by atoms with van der Waals surface area (Å²) in [4.78, 5) is 40.3. The number of rotatable bonds is 6. The van der Waals surface area contributed by atoms with Crippen LogP contribution in [-0.4, -0.2) is 46.7 Å². The maximum Gasteiger partial charge on any atom is 0.278 e. The van der Waals surface area contributed by atoms with Gasteiger partial charge in [-0.05, 0) is 36.6 Å². The Balaban J connectivity index is 1.73. The zero-order valence-electron chi connectivity index (χ0n) is 16.5. The first kappa shape index (κ1) is 19.6. The number of nitro groups is 1. The number of hydrogen-bond acceptors (Lipinski definition) is 6. The lowest BCUT2D eigenvalue weighted by molar-refractivity contribution is -0.384. The summed E-state index contributed by atoms with van der Waals surface area (Å²) in [5, 5.41) is 11.0. The Labute approximate surface area is 173 Å². The number of carbonyl (C=O) groups excluding carboxylic acids is 2. The molecule has 2 aromatic carbocycles. The number of amides is 2. The molecule has 0 atom stereocenters. The highest BCUT2D eigenvalue weighted by Crippen LogP contribution is 2.35. The van der Waals surface area contributed by atoms with Gasteiger partial charge < -0.3 is 9.64 Å². The number of likely N-dealkylation sites (tertiary alicyclic amines) is 1. The molecule has 0 N–H and O–H groups in total. The summed E-state index contributed by atoms with van der Waals surface area (Å²) in [5.74, 6) is -0.146. The number of ether oxygens (including phenoxy) is 1. The van der Waals surface area contributed by atoms with Gasteiger partial charge in [0.1, 0.15) is 11.4 Å². The second-order valence-electron chi connectivity index (χ2n) is 7.23. The smallest absolute Gasteiger partial charge is 0.278 e. The highest BCUT2D eigenvalue weighted by Gasteiger charge is 2.42. The maximum atomic E-state index is 13.4. The number of carbonyl (C=O) groups is 2. The Hall–Kier alpha value is -3.68. The highest BCUT2D eigenvalue weighted by molar-refractivity contribution is 6.35. The van der Waals surface area contributed by atoms with Gasteiger partial charge in [-0.1, -0.05) is 18.2 Å². The molecule has 8 heteroatoms. The van der Waals surface area contributed by atoms with E-state index < -0.39 is 10.8 Å². The summed E-state index contributed by atoms with van der Waals surface area (Å²) in [5.41, 5.74) is 1.84. The van der Waals surface area contributed by atoms with Gasteiger partial charge in [0, 0.05) is 30.8 Å². The molecule has 0 aromatic heterocycles. The van der Waals surface area contributed by atoms with E-state index in [9.17, 15) is 19.7 Å². The van der Waals surface area contributed by atoms with Crippen LogP contribution < -0.4 is 4.74 Å². The minimum absolute atomic E-state index is 0.0651. The third kappa shape index (κ3) is 3.41. The Morgan fingerprint density at radius 1 is 1.00 bits per heavy atom. The van der Waals surface area contributed by atoms with E-state index in [2.05, 4.69) is 0 Å². The molecule has 4 rings (SSSR count). The molecule has 2 heterocycles. The Kier molecular flexibility index (Phi) is 5.22. The quantitative estimate of drug-likeness (QED) is 0.415. The molecule has 8 nitrogen and oxygen atoms in total. The number of methoxy groups -OCH3 is 1. The average molecular weight is 407 g/mol. The van der Waals surface area contributed by atoms with E-state index in [0.717, 1.165) is 18.4 Å². The van der Waals surface area contributed by atoms with E-state index in [4.69, 9.17) is 4.74 Å². The summed E-state index contributed by atoms with van der Waals surface area (Å²) in [7, 11) is 1.54. The Bertz CT molecular complexity index is 1040. The molecule has 154 valence electrons. The molecule has 2 amide bonds. The summed E-state index contributed by atoms with van der Waals surface area (Å²) >= 11 is 0. The van der Waals surface area contributed by atoms with Crippen molar-refractivity contribution in [3.05, 3.63) is 75.5 Å². The predicted molar refractivity (Wildman–Crippen MR) is 109 cm³/mol. The number of benzene rings is 2. The number of imide groups is 1. The summed E-state index contributed by atoms with van der Waals surface area (Å²) in [6, 6.07) is 13.0. The first-order chi connectivity index (χ1) is 14.5. The lowest BCUT2D eigenvalue weighted by Crippen LogP contribution is -2.34. The van der Waals surface area contributed by atoms with Crippen molar-refractivity contribution in [1.29, 1.82) is 0 Å². The first-order valence-electron chi connectivity index (χ1n) is 9.73. The van der Waals surface area contributed by atoms with Crippen LogP contribution in [0.3, 0.4) is 0 Å². The van der Waals surface area contributed by atoms with E-state index in [1.54, 1.807) is 13.2 Å². The van der Waals surface area contributed by atoms with Gasteiger partial charge >= 0.3 is 0 Å². The monoisotopic (exact) mass is 407 g/mol. The van der Waals surface area contributed by atoms with E-state index in [1.807, 2.05) is 23.1 Å². The van der Waals surface area contributed by atoms with Crippen molar-refractivity contribution in [2.45, 2.75) is 19.4 Å². The van der Waals surface area contributed by atoms with Crippen molar-refractivity contribution in [2.75, 3.05) is 20.2 Å². The van der Waals surface area contributed by atoms with Crippen molar-refractivity contribution < 1.29 is 19.2 Å². The normalized spacial score (nSPS) is 16.6. The minimum Gasteiger partial charge on any atom is -0.496 e. The largest absolute Gasteiger partial charge is 0.496 e. The summed E-state index contributed by atoms with van der Waals surface area (Å²) in [6.07, 6.45) is 1.90. The molecule has 0 aliphatic carbocycles. The zero-order chi connectivity index (χ0) is 21.3. The van der Waals surface area contributed by atoms with E-state index in [-0.39, 0.29) is 18.1 Å². The van der Waals surface area contributed by atoms with Crippen LogP contribution in [0.15, 0.2) is 54.2 Å². The van der Waals surface area contributed by atoms with Crippen LogP contribution in [-0.2, 0) is 16.1 Å². The molecule has 30 heavy (non-hydrogen) atoms. The average Bonchev–Trinajstić information content (AvgIpc) is 3.36. The van der Waals surface area contributed by atoms with Crippen LogP contribution in [0.2, 0.25) is 0 Å². The predicted octanol–water partition coefficient (Wildman–Crippen LogP) is 2.98. The molecule has 0 radical (unpaired) electrons. The van der Waals surface area contributed by atoms with Crippen LogP contribution >= 0.6 is 0 Å². The number of hydrogen-bond donors (Lipinski definition) is 0. The third-order valence-corrected chi connectivity index (χ3v) is 5.45. The number of para-hydroxylation sites is 1. The number of non-ortho nitro benzene ring substituents is 1. The van der Waals surface area contributed by atoms with Gasteiger partial charge in [0.15, 0.2) is 0 Å². The van der Waals surface area contributed by atoms with Crippen LogP contribution in [0, 0.1) is 10.1 Å². The molecular formula is C22H21N3O5. The highest BCUT2D eigenvalue weighted by atomic mass is 16.6. The van der Waals surface area contributed by atoms with Gasteiger partial charge in [0.25, 0.3) is 17.5 Å². The molecule has 0 bridgehead atoms. The first-order valence-corrected chi connectivity index (χ1v) is 9.73. The third-order valence-electron chi connectivity index (χ3n) is 5.45. The molecule has 0 unspecified atom stereocenters.